The summed E-state index contributed by atoms with van der Waals surface area (Å²) in [6.45, 7) is 0. The van der Waals surface area contributed by atoms with Crippen LogP contribution in [0.1, 0.15) is 69.2 Å². The molecule has 1 heterocycles. The second-order valence-corrected chi connectivity index (χ2v) is 6.76. The maximum Gasteiger partial charge on any atom is 0.313 e. The average Bonchev–Trinajstić information content (AvgIpc) is 3.22. The van der Waals surface area contributed by atoms with Crippen LogP contribution in [0, 0.1) is 0 Å². The fraction of sp³-hybridized carbons (Fsp3) is 0.786. The van der Waals surface area contributed by atoms with Crippen LogP contribution < -0.4 is 0 Å². The van der Waals surface area contributed by atoms with Gasteiger partial charge in [0.1, 0.15) is 5.82 Å². The molecule has 0 bridgehead atoms. The van der Waals surface area contributed by atoms with Gasteiger partial charge in [-0.15, -0.1) is 10.2 Å². The topological polar surface area (TPSA) is 68.0 Å². The van der Waals surface area contributed by atoms with Crippen molar-refractivity contribution in [2.75, 3.05) is 5.75 Å². The van der Waals surface area contributed by atoms with Gasteiger partial charge in [0.05, 0.1) is 5.75 Å². The molecule has 2 saturated carbocycles. The fourth-order valence-corrected chi connectivity index (χ4v) is 3.74. The summed E-state index contributed by atoms with van der Waals surface area (Å²) in [5.41, 5.74) is 0. The van der Waals surface area contributed by atoms with Gasteiger partial charge in [0.2, 0.25) is 0 Å². The minimum atomic E-state index is -0.795. The van der Waals surface area contributed by atoms with Crippen LogP contribution in [-0.4, -0.2) is 31.6 Å². The zero-order chi connectivity index (χ0) is 13.9. The number of aromatic nitrogens is 3. The highest BCUT2D eigenvalue weighted by Crippen LogP contribution is 2.42. The molecule has 1 N–H and O–H groups in total. The van der Waals surface area contributed by atoms with E-state index in [0.29, 0.717) is 12.0 Å². The van der Waals surface area contributed by atoms with Gasteiger partial charge in [-0.05, 0) is 25.7 Å². The third-order valence-electron chi connectivity index (χ3n) is 4.15. The van der Waals surface area contributed by atoms with E-state index < -0.39 is 5.97 Å². The Kier molecular flexibility index (Phi) is 4.29. The average molecular weight is 295 g/mol. The Bertz CT molecular complexity index is 477. The summed E-state index contributed by atoms with van der Waals surface area (Å²) >= 11 is 1.30. The first kappa shape index (κ1) is 13.9. The van der Waals surface area contributed by atoms with Crippen LogP contribution in [0.25, 0.3) is 0 Å². The molecule has 1 aromatic heterocycles. The Morgan fingerprint density at radius 3 is 2.45 bits per heavy atom. The lowest BCUT2D eigenvalue weighted by Gasteiger charge is -2.15. The first-order valence-corrected chi connectivity index (χ1v) is 8.53. The Morgan fingerprint density at radius 2 is 1.85 bits per heavy atom. The largest absolute Gasteiger partial charge is 0.481 e. The Balaban J connectivity index is 1.80. The molecule has 0 amide bonds. The molecule has 0 saturated heterocycles. The van der Waals surface area contributed by atoms with Gasteiger partial charge in [0.25, 0.3) is 0 Å². The molecule has 3 rings (SSSR count). The van der Waals surface area contributed by atoms with Crippen LogP contribution in [0.2, 0.25) is 0 Å². The smallest absolute Gasteiger partial charge is 0.313 e. The monoisotopic (exact) mass is 295 g/mol. The lowest BCUT2D eigenvalue weighted by Crippen LogP contribution is -2.09. The summed E-state index contributed by atoms with van der Waals surface area (Å²) in [5, 5.41) is 18.3. The number of hydrogen-bond acceptors (Lipinski definition) is 4. The molecular formula is C14H21N3O2S. The van der Waals surface area contributed by atoms with Crippen LogP contribution in [0.3, 0.4) is 0 Å². The summed E-state index contributed by atoms with van der Waals surface area (Å²) in [4.78, 5) is 10.7. The van der Waals surface area contributed by atoms with Crippen LogP contribution in [0.4, 0.5) is 0 Å². The van der Waals surface area contributed by atoms with Crippen molar-refractivity contribution in [3.63, 3.8) is 0 Å². The maximum atomic E-state index is 10.7. The van der Waals surface area contributed by atoms with E-state index in [4.69, 9.17) is 5.11 Å². The lowest BCUT2D eigenvalue weighted by atomic mass is 9.99. The molecule has 0 atom stereocenters. The van der Waals surface area contributed by atoms with E-state index in [2.05, 4.69) is 14.8 Å². The second kappa shape index (κ2) is 6.16. The highest BCUT2D eigenvalue weighted by Gasteiger charge is 2.32. The molecule has 2 aliphatic carbocycles. The summed E-state index contributed by atoms with van der Waals surface area (Å²) in [5.74, 6) is 0.902. The molecule has 0 aromatic carbocycles. The third-order valence-corrected chi connectivity index (χ3v) is 5.08. The highest BCUT2D eigenvalue weighted by molar-refractivity contribution is 7.99. The predicted octanol–water partition coefficient (Wildman–Crippen LogP) is 3.23. The number of rotatable bonds is 5. The van der Waals surface area contributed by atoms with E-state index in [9.17, 15) is 4.79 Å². The number of aliphatic carboxylic acids is 1. The molecule has 2 fully saturated rings. The van der Waals surface area contributed by atoms with Gasteiger partial charge in [-0.3, -0.25) is 4.79 Å². The molecule has 5 nitrogen and oxygen atoms in total. The summed E-state index contributed by atoms with van der Waals surface area (Å²) in [6, 6.07) is 0.513. The van der Waals surface area contributed by atoms with Crippen molar-refractivity contribution in [3.8, 4) is 0 Å². The molecular weight excluding hydrogens is 274 g/mol. The number of hydrogen-bond donors (Lipinski definition) is 1. The standard InChI is InChI=1S/C14H21N3O2S/c18-12(19)9-20-14-16-15-13(17(14)11-7-8-11)10-5-3-1-2-4-6-10/h10-11H,1-9H2,(H,18,19). The van der Waals surface area contributed by atoms with E-state index in [-0.39, 0.29) is 5.75 Å². The Hall–Kier alpha value is -1.04. The molecule has 2 aliphatic rings. The number of carboxylic acid groups (broad SMARTS) is 1. The van der Waals surface area contributed by atoms with Crippen molar-refractivity contribution < 1.29 is 9.90 Å². The van der Waals surface area contributed by atoms with Crippen LogP contribution in [-0.2, 0) is 4.79 Å². The first-order valence-electron chi connectivity index (χ1n) is 7.55. The fourth-order valence-electron chi connectivity index (χ4n) is 3.00. The van der Waals surface area contributed by atoms with Crippen molar-refractivity contribution in [1.82, 2.24) is 14.8 Å². The van der Waals surface area contributed by atoms with Crippen LogP contribution in [0.15, 0.2) is 5.16 Å². The van der Waals surface area contributed by atoms with Crippen molar-refractivity contribution in [1.29, 1.82) is 0 Å². The van der Waals surface area contributed by atoms with Gasteiger partial charge in [0.15, 0.2) is 5.16 Å². The van der Waals surface area contributed by atoms with E-state index >= 15 is 0 Å². The molecule has 1 aromatic rings. The van der Waals surface area contributed by atoms with Gasteiger partial charge in [-0.2, -0.15) is 0 Å². The number of carboxylic acids is 1. The van der Waals surface area contributed by atoms with Gasteiger partial charge in [-0.1, -0.05) is 37.4 Å². The van der Waals surface area contributed by atoms with Crippen LogP contribution in [0.5, 0.6) is 0 Å². The SMILES string of the molecule is O=C(O)CSc1nnc(C2CCCCCC2)n1C1CC1. The molecule has 0 spiro atoms. The van der Waals surface area contributed by atoms with Crippen molar-refractivity contribution >= 4 is 17.7 Å². The van der Waals surface area contributed by atoms with Gasteiger partial charge in [0, 0.05) is 12.0 Å². The zero-order valence-corrected chi connectivity index (χ0v) is 12.4. The normalized spacial score (nSPS) is 20.8. The second-order valence-electron chi connectivity index (χ2n) is 5.81. The molecule has 0 radical (unpaired) electrons. The highest BCUT2D eigenvalue weighted by atomic mass is 32.2. The summed E-state index contributed by atoms with van der Waals surface area (Å²) < 4.78 is 2.24. The van der Waals surface area contributed by atoms with Crippen molar-refractivity contribution in [2.24, 2.45) is 0 Å². The van der Waals surface area contributed by atoms with E-state index in [1.807, 2.05) is 0 Å². The minimum Gasteiger partial charge on any atom is -0.481 e. The molecule has 6 heteroatoms. The zero-order valence-electron chi connectivity index (χ0n) is 11.6. The van der Waals surface area contributed by atoms with E-state index in [1.165, 1.54) is 63.1 Å². The summed E-state index contributed by atoms with van der Waals surface area (Å²) in [7, 11) is 0. The van der Waals surface area contributed by atoms with Gasteiger partial charge >= 0.3 is 5.97 Å². The molecule has 110 valence electrons. The van der Waals surface area contributed by atoms with Crippen molar-refractivity contribution in [3.05, 3.63) is 5.82 Å². The Labute approximate surface area is 123 Å². The van der Waals surface area contributed by atoms with Gasteiger partial charge < -0.3 is 9.67 Å². The number of nitrogens with zero attached hydrogens (tertiary/aromatic N) is 3. The van der Waals surface area contributed by atoms with Crippen molar-refractivity contribution in [2.45, 2.75) is 68.5 Å². The minimum absolute atomic E-state index is 0.0650. The van der Waals surface area contributed by atoms with Crippen LogP contribution >= 0.6 is 11.8 Å². The lowest BCUT2D eigenvalue weighted by molar-refractivity contribution is -0.133. The molecule has 20 heavy (non-hydrogen) atoms. The van der Waals surface area contributed by atoms with E-state index in [0.717, 1.165) is 11.0 Å². The van der Waals surface area contributed by atoms with Gasteiger partial charge in [-0.25, -0.2) is 0 Å². The molecule has 0 unspecified atom stereocenters. The third kappa shape index (κ3) is 3.16. The quantitative estimate of drug-likeness (QED) is 0.667. The number of carbonyl (C=O) groups is 1. The predicted molar refractivity (Wildman–Crippen MR) is 77.1 cm³/mol. The number of thioether (sulfide) groups is 1. The first-order chi connectivity index (χ1) is 9.75. The Morgan fingerprint density at radius 1 is 1.15 bits per heavy atom. The molecule has 0 aliphatic heterocycles. The van der Waals surface area contributed by atoms with E-state index in [1.54, 1.807) is 0 Å². The maximum absolute atomic E-state index is 10.7. The summed E-state index contributed by atoms with van der Waals surface area (Å²) in [6.07, 6.45) is 9.97.